The van der Waals surface area contributed by atoms with Crippen LogP contribution >= 0.6 is 11.5 Å². The second-order valence-corrected chi connectivity index (χ2v) is 5.14. The molecule has 0 spiro atoms. The molecule has 1 aliphatic heterocycles. The molecule has 0 N–H and O–H groups in total. The third-order valence-electron chi connectivity index (χ3n) is 3.42. The van der Waals surface area contributed by atoms with Gasteiger partial charge in [-0.1, -0.05) is 18.2 Å². The number of hydrogen-bond acceptors (Lipinski definition) is 4. The molecule has 0 aliphatic carbocycles. The van der Waals surface area contributed by atoms with Crippen LogP contribution in [0.2, 0.25) is 0 Å². The van der Waals surface area contributed by atoms with Crippen molar-refractivity contribution in [2.24, 2.45) is 0 Å². The number of benzene rings is 2. The van der Waals surface area contributed by atoms with E-state index in [0.29, 0.717) is 16.8 Å². The summed E-state index contributed by atoms with van der Waals surface area (Å²) >= 11 is 1.31. The second-order valence-electron chi connectivity index (χ2n) is 4.52. The number of aromatic nitrogens is 1. The van der Waals surface area contributed by atoms with Crippen LogP contribution in [0.4, 0.5) is 5.69 Å². The van der Waals surface area contributed by atoms with Crippen molar-refractivity contribution in [3.63, 3.8) is 0 Å². The first-order valence-corrected chi connectivity index (χ1v) is 6.92. The summed E-state index contributed by atoms with van der Waals surface area (Å²) in [5.41, 5.74) is 2.31. The number of anilines is 1. The highest BCUT2D eigenvalue weighted by molar-refractivity contribution is 7.04. The maximum absolute atomic E-state index is 12.5. The molecule has 0 atom stereocenters. The lowest BCUT2D eigenvalue weighted by molar-refractivity contribution is 0.0926. The Morgan fingerprint density at radius 2 is 1.60 bits per heavy atom. The smallest absolute Gasteiger partial charge is 0.266 e. The van der Waals surface area contributed by atoms with Gasteiger partial charge in [-0.2, -0.15) is 4.37 Å². The summed E-state index contributed by atoms with van der Waals surface area (Å²) in [4.78, 5) is 26.2. The van der Waals surface area contributed by atoms with Crippen molar-refractivity contribution < 1.29 is 9.59 Å². The lowest BCUT2D eigenvalue weighted by atomic mass is 10.1. The molecule has 96 valence electrons. The van der Waals surface area contributed by atoms with Crippen LogP contribution in [0, 0.1) is 0 Å². The van der Waals surface area contributed by atoms with Crippen molar-refractivity contribution in [1.29, 1.82) is 0 Å². The van der Waals surface area contributed by atoms with Crippen LogP contribution in [0.5, 0.6) is 0 Å². The monoisotopic (exact) mass is 280 g/mol. The van der Waals surface area contributed by atoms with E-state index in [-0.39, 0.29) is 11.8 Å². The van der Waals surface area contributed by atoms with Crippen LogP contribution < -0.4 is 4.90 Å². The first kappa shape index (κ1) is 11.3. The fourth-order valence-corrected chi connectivity index (χ4v) is 3.15. The average molecular weight is 280 g/mol. The molecule has 2 aromatic carbocycles. The van der Waals surface area contributed by atoms with Crippen LogP contribution in [0.25, 0.3) is 10.9 Å². The number of fused-ring (bicyclic) bond motifs is 2. The van der Waals surface area contributed by atoms with Gasteiger partial charge in [0.25, 0.3) is 11.8 Å². The van der Waals surface area contributed by atoms with Crippen LogP contribution in [0.1, 0.15) is 20.7 Å². The topological polar surface area (TPSA) is 50.3 Å². The molecule has 0 bridgehead atoms. The fourth-order valence-electron chi connectivity index (χ4n) is 2.48. The van der Waals surface area contributed by atoms with Gasteiger partial charge in [-0.3, -0.25) is 9.59 Å². The largest absolute Gasteiger partial charge is 0.268 e. The van der Waals surface area contributed by atoms with E-state index in [1.165, 1.54) is 16.4 Å². The summed E-state index contributed by atoms with van der Waals surface area (Å²) in [5, 5.41) is 2.68. The Kier molecular flexibility index (Phi) is 2.25. The molecule has 0 radical (unpaired) electrons. The van der Waals surface area contributed by atoms with E-state index in [0.717, 1.165) is 10.9 Å². The summed E-state index contributed by atoms with van der Waals surface area (Å²) in [5.74, 6) is -0.548. The number of nitrogens with zero attached hydrogens (tertiary/aromatic N) is 2. The zero-order valence-corrected chi connectivity index (χ0v) is 11.1. The first-order valence-electron chi connectivity index (χ1n) is 6.08. The Morgan fingerprint density at radius 3 is 2.30 bits per heavy atom. The van der Waals surface area contributed by atoms with E-state index in [2.05, 4.69) is 4.37 Å². The Labute approximate surface area is 118 Å². The van der Waals surface area contributed by atoms with Gasteiger partial charge in [-0.15, -0.1) is 0 Å². The highest BCUT2D eigenvalue weighted by atomic mass is 32.1. The molecule has 4 rings (SSSR count). The molecule has 3 aromatic rings. The molecule has 0 fully saturated rings. The third kappa shape index (κ3) is 1.38. The maximum atomic E-state index is 12.5. The van der Waals surface area contributed by atoms with Gasteiger partial charge in [0, 0.05) is 10.8 Å². The van der Waals surface area contributed by atoms with Gasteiger partial charge in [0.2, 0.25) is 0 Å². The molecular formula is C15H8N2O2S. The minimum absolute atomic E-state index is 0.274. The Morgan fingerprint density at radius 1 is 0.900 bits per heavy atom. The SMILES string of the molecule is O=C1c2ccccc2C(=O)N1c1cccc2nscc12. The molecule has 1 aliphatic rings. The summed E-state index contributed by atoms with van der Waals surface area (Å²) in [6.07, 6.45) is 0. The highest BCUT2D eigenvalue weighted by Gasteiger charge is 2.37. The van der Waals surface area contributed by atoms with E-state index in [9.17, 15) is 9.59 Å². The molecule has 5 heteroatoms. The van der Waals surface area contributed by atoms with Gasteiger partial charge < -0.3 is 0 Å². The molecule has 0 saturated carbocycles. The number of carbonyl (C=O) groups excluding carboxylic acids is 2. The van der Waals surface area contributed by atoms with Crippen LogP contribution in [-0.4, -0.2) is 16.2 Å². The van der Waals surface area contributed by atoms with Crippen molar-refractivity contribution in [3.05, 3.63) is 59.0 Å². The summed E-state index contributed by atoms with van der Waals surface area (Å²) in [6, 6.07) is 12.3. The fraction of sp³-hybridized carbons (Fsp3) is 0. The predicted molar refractivity (Wildman–Crippen MR) is 77.2 cm³/mol. The van der Waals surface area contributed by atoms with E-state index in [4.69, 9.17) is 0 Å². The molecule has 1 aromatic heterocycles. The van der Waals surface area contributed by atoms with Crippen molar-refractivity contribution in [1.82, 2.24) is 4.37 Å². The van der Waals surface area contributed by atoms with Crippen molar-refractivity contribution in [3.8, 4) is 0 Å². The Bertz CT molecular complexity index is 834. The molecule has 4 nitrogen and oxygen atoms in total. The summed E-state index contributed by atoms with van der Waals surface area (Å²) in [7, 11) is 0. The standard InChI is InChI=1S/C15H8N2O2S/c18-14-9-4-1-2-5-10(9)15(19)17(14)13-7-3-6-12-11(13)8-20-16-12/h1-8H. The van der Waals surface area contributed by atoms with Crippen LogP contribution in [0.3, 0.4) is 0 Å². The Hall–Kier alpha value is -2.53. The van der Waals surface area contributed by atoms with E-state index in [1.54, 1.807) is 36.4 Å². The Balaban J connectivity index is 1.95. The normalized spacial score (nSPS) is 14.1. The minimum Gasteiger partial charge on any atom is -0.268 e. The molecule has 0 unspecified atom stereocenters. The van der Waals surface area contributed by atoms with Gasteiger partial charge in [0.15, 0.2) is 0 Å². The highest BCUT2D eigenvalue weighted by Crippen LogP contribution is 2.33. The number of rotatable bonds is 1. The van der Waals surface area contributed by atoms with Crippen LogP contribution in [0.15, 0.2) is 47.8 Å². The van der Waals surface area contributed by atoms with Gasteiger partial charge in [0.05, 0.1) is 22.3 Å². The summed E-state index contributed by atoms with van der Waals surface area (Å²) < 4.78 is 4.24. The number of imide groups is 1. The van der Waals surface area contributed by atoms with Crippen molar-refractivity contribution >= 4 is 39.9 Å². The third-order valence-corrected chi connectivity index (χ3v) is 4.06. The van der Waals surface area contributed by atoms with Crippen molar-refractivity contribution in [2.75, 3.05) is 4.90 Å². The zero-order chi connectivity index (χ0) is 13.7. The number of hydrogen-bond donors (Lipinski definition) is 0. The molecule has 0 saturated heterocycles. The summed E-state index contributed by atoms with van der Waals surface area (Å²) in [6.45, 7) is 0. The van der Waals surface area contributed by atoms with E-state index < -0.39 is 0 Å². The molecule has 2 heterocycles. The van der Waals surface area contributed by atoms with Crippen LogP contribution in [-0.2, 0) is 0 Å². The lowest BCUT2D eigenvalue weighted by Crippen LogP contribution is -2.29. The maximum Gasteiger partial charge on any atom is 0.266 e. The first-order chi connectivity index (χ1) is 9.77. The van der Waals surface area contributed by atoms with Gasteiger partial charge in [0.1, 0.15) is 0 Å². The predicted octanol–water partition coefficient (Wildman–Crippen LogP) is 3.10. The zero-order valence-electron chi connectivity index (χ0n) is 10.2. The van der Waals surface area contributed by atoms with E-state index in [1.807, 2.05) is 11.4 Å². The van der Waals surface area contributed by atoms with Gasteiger partial charge in [-0.05, 0) is 35.8 Å². The molecular weight excluding hydrogens is 272 g/mol. The van der Waals surface area contributed by atoms with E-state index >= 15 is 0 Å². The second kappa shape index (κ2) is 3.98. The quantitative estimate of drug-likeness (QED) is 0.644. The lowest BCUT2D eigenvalue weighted by Gasteiger charge is -2.14. The molecule has 2 amide bonds. The number of carbonyl (C=O) groups is 2. The average Bonchev–Trinajstić information content (AvgIpc) is 3.04. The van der Waals surface area contributed by atoms with Gasteiger partial charge in [-0.25, -0.2) is 4.90 Å². The number of amides is 2. The van der Waals surface area contributed by atoms with Crippen molar-refractivity contribution in [2.45, 2.75) is 0 Å². The molecule has 20 heavy (non-hydrogen) atoms. The van der Waals surface area contributed by atoms with Gasteiger partial charge >= 0.3 is 0 Å². The minimum atomic E-state index is -0.274.